The number of carbonyl (C=O) groups is 1. The van der Waals surface area contributed by atoms with Crippen LogP contribution in [0.4, 0.5) is 0 Å². The first kappa shape index (κ1) is 16.9. The smallest absolute Gasteiger partial charge is 0.251 e. The Morgan fingerprint density at radius 1 is 1.20 bits per heavy atom. The summed E-state index contributed by atoms with van der Waals surface area (Å²) in [7, 11) is 0. The van der Waals surface area contributed by atoms with Gasteiger partial charge in [-0.05, 0) is 44.0 Å². The number of amides is 1. The summed E-state index contributed by atoms with van der Waals surface area (Å²) in [5.41, 5.74) is 4.70. The van der Waals surface area contributed by atoms with E-state index in [1.165, 1.54) is 0 Å². The van der Waals surface area contributed by atoms with Gasteiger partial charge < -0.3 is 9.88 Å². The number of aryl methyl sites for hydroxylation is 3. The van der Waals surface area contributed by atoms with Gasteiger partial charge in [-0.2, -0.15) is 0 Å². The molecule has 3 rings (SSSR count). The zero-order valence-electron chi connectivity index (χ0n) is 14.6. The van der Waals surface area contributed by atoms with Crippen LogP contribution in [-0.2, 0) is 6.54 Å². The van der Waals surface area contributed by atoms with Crippen molar-refractivity contribution >= 4 is 5.91 Å². The number of hydrogen-bond acceptors (Lipinski definition) is 3. The first-order valence-electron chi connectivity index (χ1n) is 8.42. The largest absolute Gasteiger partial charge is 0.352 e. The number of benzene rings is 1. The molecule has 25 heavy (non-hydrogen) atoms. The Balaban J connectivity index is 1.63. The maximum atomic E-state index is 12.4. The minimum atomic E-state index is -0.0507. The molecular weight excluding hydrogens is 312 g/mol. The van der Waals surface area contributed by atoms with Gasteiger partial charge >= 0.3 is 0 Å². The number of pyridine rings is 1. The van der Waals surface area contributed by atoms with Gasteiger partial charge in [0.05, 0.1) is 6.33 Å². The average Bonchev–Trinajstić information content (AvgIpc) is 3.12. The molecule has 0 saturated carbocycles. The van der Waals surface area contributed by atoms with Crippen molar-refractivity contribution in [2.24, 2.45) is 0 Å². The van der Waals surface area contributed by atoms with Crippen molar-refractivity contribution in [3.63, 3.8) is 0 Å². The van der Waals surface area contributed by atoms with Crippen molar-refractivity contribution in [3.05, 3.63) is 72.1 Å². The monoisotopic (exact) mass is 334 g/mol. The third-order valence-electron chi connectivity index (χ3n) is 4.10. The van der Waals surface area contributed by atoms with E-state index in [4.69, 9.17) is 0 Å². The molecule has 5 heteroatoms. The van der Waals surface area contributed by atoms with Gasteiger partial charge in [-0.3, -0.25) is 9.78 Å². The second kappa shape index (κ2) is 7.75. The molecule has 0 fully saturated rings. The highest BCUT2D eigenvalue weighted by Crippen LogP contribution is 2.23. The zero-order valence-corrected chi connectivity index (χ0v) is 14.6. The van der Waals surface area contributed by atoms with E-state index in [1.54, 1.807) is 12.5 Å². The van der Waals surface area contributed by atoms with Crippen molar-refractivity contribution < 1.29 is 4.79 Å². The van der Waals surface area contributed by atoms with Crippen LogP contribution in [0.1, 0.15) is 28.2 Å². The predicted molar refractivity (Wildman–Crippen MR) is 98.3 cm³/mol. The van der Waals surface area contributed by atoms with Crippen molar-refractivity contribution in [3.8, 4) is 11.1 Å². The molecule has 2 aromatic heterocycles. The molecule has 128 valence electrons. The SMILES string of the molecule is Cc1ccc(-c2cccc(C(=O)NCCCn3ccnc3)c2)c(C)n1. The van der Waals surface area contributed by atoms with Gasteiger partial charge in [-0.1, -0.05) is 18.2 Å². The van der Waals surface area contributed by atoms with Gasteiger partial charge in [0, 0.05) is 48.0 Å². The average molecular weight is 334 g/mol. The molecule has 0 aliphatic carbocycles. The number of imidazole rings is 1. The zero-order chi connectivity index (χ0) is 17.6. The van der Waals surface area contributed by atoms with E-state index in [1.807, 2.05) is 54.9 Å². The Hall–Kier alpha value is -2.95. The van der Waals surface area contributed by atoms with Crippen molar-refractivity contribution in [1.29, 1.82) is 0 Å². The highest BCUT2D eigenvalue weighted by molar-refractivity contribution is 5.95. The van der Waals surface area contributed by atoms with Crippen LogP contribution in [0.5, 0.6) is 0 Å². The molecule has 0 spiro atoms. The van der Waals surface area contributed by atoms with Crippen molar-refractivity contribution in [2.75, 3.05) is 6.54 Å². The number of aromatic nitrogens is 3. The molecule has 1 N–H and O–H groups in total. The molecular formula is C20H22N4O. The summed E-state index contributed by atoms with van der Waals surface area (Å²) in [4.78, 5) is 20.9. The first-order valence-corrected chi connectivity index (χ1v) is 8.42. The topological polar surface area (TPSA) is 59.8 Å². The molecule has 5 nitrogen and oxygen atoms in total. The summed E-state index contributed by atoms with van der Waals surface area (Å²) in [5, 5.41) is 2.98. The fourth-order valence-electron chi connectivity index (χ4n) is 2.80. The third-order valence-corrected chi connectivity index (χ3v) is 4.10. The molecule has 0 unspecified atom stereocenters. The van der Waals surface area contributed by atoms with Gasteiger partial charge in [-0.25, -0.2) is 4.98 Å². The summed E-state index contributed by atoms with van der Waals surface area (Å²) in [6.45, 7) is 5.44. The highest BCUT2D eigenvalue weighted by Gasteiger charge is 2.08. The van der Waals surface area contributed by atoms with Crippen molar-refractivity contribution in [2.45, 2.75) is 26.8 Å². The molecule has 0 bridgehead atoms. The predicted octanol–water partition coefficient (Wildman–Crippen LogP) is 3.38. The summed E-state index contributed by atoms with van der Waals surface area (Å²) >= 11 is 0. The second-order valence-corrected chi connectivity index (χ2v) is 6.08. The number of hydrogen-bond donors (Lipinski definition) is 1. The van der Waals surface area contributed by atoms with E-state index in [-0.39, 0.29) is 5.91 Å². The lowest BCUT2D eigenvalue weighted by atomic mass is 10.0. The van der Waals surface area contributed by atoms with E-state index in [9.17, 15) is 4.79 Å². The Bertz CT molecular complexity index is 856. The third kappa shape index (κ3) is 4.32. The molecule has 0 saturated heterocycles. The lowest BCUT2D eigenvalue weighted by molar-refractivity contribution is 0.0953. The van der Waals surface area contributed by atoms with Crippen LogP contribution in [0.3, 0.4) is 0 Å². The fourth-order valence-corrected chi connectivity index (χ4v) is 2.80. The van der Waals surface area contributed by atoms with Gasteiger partial charge in [-0.15, -0.1) is 0 Å². The summed E-state index contributed by atoms with van der Waals surface area (Å²) < 4.78 is 2.00. The molecule has 0 aliphatic rings. The molecule has 0 radical (unpaired) electrons. The molecule has 1 aromatic carbocycles. The van der Waals surface area contributed by atoms with Crippen LogP contribution in [-0.4, -0.2) is 27.0 Å². The van der Waals surface area contributed by atoms with Gasteiger partial charge in [0.15, 0.2) is 0 Å². The molecule has 2 heterocycles. The maximum Gasteiger partial charge on any atom is 0.251 e. The van der Waals surface area contributed by atoms with Gasteiger partial charge in [0.1, 0.15) is 0 Å². The standard InChI is InChI=1S/C20H22N4O/c1-15-7-8-19(16(2)23-15)17-5-3-6-18(13-17)20(25)22-9-4-11-24-12-10-21-14-24/h3,5-8,10,12-14H,4,9,11H2,1-2H3,(H,22,25). The maximum absolute atomic E-state index is 12.4. The van der Waals surface area contributed by atoms with Crippen LogP contribution < -0.4 is 5.32 Å². The number of rotatable bonds is 6. The van der Waals surface area contributed by atoms with Crippen molar-refractivity contribution in [1.82, 2.24) is 19.9 Å². The Morgan fingerprint density at radius 3 is 2.84 bits per heavy atom. The Kier molecular flexibility index (Phi) is 5.23. The molecule has 1 amide bonds. The lowest BCUT2D eigenvalue weighted by Gasteiger charge is -2.09. The number of nitrogens with one attached hydrogen (secondary N) is 1. The second-order valence-electron chi connectivity index (χ2n) is 6.08. The van der Waals surface area contributed by atoms with E-state index < -0.39 is 0 Å². The van der Waals surface area contributed by atoms with E-state index >= 15 is 0 Å². The van der Waals surface area contributed by atoms with Gasteiger partial charge in [0.25, 0.3) is 5.91 Å². The number of nitrogens with zero attached hydrogens (tertiary/aromatic N) is 3. The molecule has 3 aromatic rings. The molecule has 0 aliphatic heterocycles. The fraction of sp³-hybridized carbons (Fsp3) is 0.250. The summed E-state index contributed by atoms with van der Waals surface area (Å²) in [6, 6.07) is 11.7. The minimum absolute atomic E-state index is 0.0507. The van der Waals surface area contributed by atoms with Crippen LogP contribution >= 0.6 is 0 Å². The number of carbonyl (C=O) groups excluding carboxylic acids is 1. The van der Waals surface area contributed by atoms with Crippen LogP contribution in [0.15, 0.2) is 55.1 Å². The summed E-state index contributed by atoms with van der Waals surface area (Å²) in [5.74, 6) is -0.0507. The Morgan fingerprint density at radius 2 is 2.08 bits per heavy atom. The van der Waals surface area contributed by atoms with E-state index in [0.717, 1.165) is 35.5 Å². The summed E-state index contributed by atoms with van der Waals surface area (Å²) in [6.07, 6.45) is 6.32. The van der Waals surface area contributed by atoms with E-state index in [2.05, 4.69) is 21.4 Å². The van der Waals surface area contributed by atoms with E-state index in [0.29, 0.717) is 12.1 Å². The highest BCUT2D eigenvalue weighted by atomic mass is 16.1. The normalized spacial score (nSPS) is 10.6. The quantitative estimate of drug-likeness (QED) is 0.703. The Labute approximate surface area is 147 Å². The van der Waals surface area contributed by atoms with Crippen LogP contribution in [0, 0.1) is 13.8 Å². The first-order chi connectivity index (χ1) is 12.1. The minimum Gasteiger partial charge on any atom is -0.352 e. The molecule has 0 atom stereocenters. The van der Waals surface area contributed by atoms with Crippen LogP contribution in [0.25, 0.3) is 11.1 Å². The lowest BCUT2D eigenvalue weighted by Crippen LogP contribution is -2.25. The van der Waals surface area contributed by atoms with Gasteiger partial charge in [0.2, 0.25) is 0 Å². The van der Waals surface area contributed by atoms with Crippen LogP contribution in [0.2, 0.25) is 0 Å².